The van der Waals surface area contributed by atoms with E-state index in [1.165, 1.54) is 15.6 Å². The number of carbonyl (C=O) groups is 1. The summed E-state index contributed by atoms with van der Waals surface area (Å²) in [6.07, 6.45) is 2.96. The molecular weight excluding hydrogens is 322 g/mol. The highest BCUT2D eigenvalue weighted by Crippen LogP contribution is 2.27. The SMILES string of the molecule is CNCCCNC(=O)Cc1ccc(S(=O)(=O)N2CCCC2)s1. The lowest BCUT2D eigenvalue weighted by atomic mass is 10.3. The van der Waals surface area contributed by atoms with Crippen molar-refractivity contribution in [3.8, 4) is 0 Å². The highest BCUT2D eigenvalue weighted by Gasteiger charge is 2.28. The van der Waals surface area contributed by atoms with Gasteiger partial charge in [-0.1, -0.05) is 0 Å². The molecule has 1 aromatic heterocycles. The molecular formula is C14H23N3O3S2. The molecule has 2 heterocycles. The number of thiophene rings is 1. The molecule has 0 spiro atoms. The van der Waals surface area contributed by atoms with Crippen molar-refractivity contribution in [2.24, 2.45) is 0 Å². The van der Waals surface area contributed by atoms with Crippen molar-refractivity contribution >= 4 is 27.3 Å². The molecule has 1 fully saturated rings. The standard InChI is InChI=1S/C14H23N3O3S2/c1-15-7-4-8-16-13(18)11-12-5-6-14(21-12)22(19,20)17-9-2-3-10-17/h5-6,15H,2-4,7-11H2,1H3,(H,16,18). The zero-order valence-corrected chi connectivity index (χ0v) is 14.4. The van der Waals surface area contributed by atoms with Crippen LogP contribution in [0.3, 0.4) is 0 Å². The van der Waals surface area contributed by atoms with Gasteiger partial charge in [0.05, 0.1) is 6.42 Å². The van der Waals surface area contributed by atoms with E-state index in [2.05, 4.69) is 10.6 Å². The van der Waals surface area contributed by atoms with E-state index in [9.17, 15) is 13.2 Å². The molecule has 1 aromatic rings. The second kappa shape index (κ2) is 8.05. The summed E-state index contributed by atoms with van der Waals surface area (Å²) < 4.78 is 26.7. The topological polar surface area (TPSA) is 78.5 Å². The van der Waals surface area contributed by atoms with E-state index in [-0.39, 0.29) is 12.3 Å². The molecule has 1 amide bonds. The number of sulfonamides is 1. The minimum atomic E-state index is -3.37. The lowest BCUT2D eigenvalue weighted by Crippen LogP contribution is -2.27. The Kier molecular flexibility index (Phi) is 6.37. The van der Waals surface area contributed by atoms with E-state index in [4.69, 9.17) is 0 Å². The summed E-state index contributed by atoms with van der Waals surface area (Å²) in [6.45, 7) is 2.69. The molecule has 6 nitrogen and oxygen atoms in total. The van der Waals surface area contributed by atoms with Crippen LogP contribution in [0.1, 0.15) is 24.1 Å². The Morgan fingerprint density at radius 3 is 2.68 bits per heavy atom. The largest absolute Gasteiger partial charge is 0.356 e. The minimum absolute atomic E-state index is 0.0666. The first-order valence-corrected chi connectivity index (χ1v) is 9.80. The summed E-state index contributed by atoms with van der Waals surface area (Å²) in [4.78, 5) is 12.6. The lowest BCUT2D eigenvalue weighted by molar-refractivity contribution is -0.120. The van der Waals surface area contributed by atoms with Crippen molar-refractivity contribution in [1.29, 1.82) is 0 Å². The first-order chi connectivity index (χ1) is 10.5. The third-order valence-electron chi connectivity index (χ3n) is 3.56. The molecule has 2 N–H and O–H groups in total. The van der Waals surface area contributed by atoms with Crippen molar-refractivity contribution in [3.05, 3.63) is 17.0 Å². The van der Waals surface area contributed by atoms with Crippen LogP contribution >= 0.6 is 11.3 Å². The molecule has 1 aliphatic heterocycles. The van der Waals surface area contributed by atoms with Crippen LogP contribution in [0.25, 0.3) is 0 Å². The molecule has 8 heteroatoms. The van der Waals surface area contributed by atoms with E-state index in [1.54, 1.807) is 12.1 Å². The van der Waals surface area contributed by atoms with Crippen molar-refractivity contribution < 1.29 is 13.2 Å². The molecule has 1 saturated heterocycles. The third kappa shape index (κ3) is 4.52. The van der Waals surface area contributed by atoms with Gasteiger partial charge in [-0.05, 0) is 45.0 Å². The number of nitrogens with one attached hydrogen (secondary N) is 2. The molecule has 0 radical (unpaired) electrons. The van der Waals surface area contributed by atoms with Crippen molar-refractivity contribution in [3.63, 3.8) is 0 Å². The molecule has 22 heavy (non-hydrogen) atoms. The van der Waals surface area contributed by atoms with Crippen LogP contribution in [0.5, 0.6) is 0 Å². The molecule has 0 bridgehead atoms. The van der Waals surface area contributed by atoms with Crippen molar-refractivity contribution in [2.45, 2.75) is 29.9 Å². The Morgan fingerprint density at radius 1 is 1.27 bits per heavy atom. The van der Waals surface area contributed by atoms with Gasteiger partial charge in [-0.25, -0.2) is 8.42 Å². The summed E-state index contributed by atoms with van der Waals surface area (Å²) in [5.41, 5.74) is 0. The normalized spacial score (nSPS) is 16.0. The maximum absolute atomic E-state index is 12.4. The van der Waals surface area contributed by atoms with Gasteiger partial charge < -0.3 is 10.6 Å². The Bertz CT molecular complexity index is 592. The lowest BCUT2D eigenvalue weighted by Gasteiger charge is -2.13. The first-order valence-electron chi connectivity index (χ1n) is 7.54. The maximum Gasteiger partial charge on any atom is 0.252 e. The Morgan fingerprint density at radius 2 is 2.00 bits per heavy atom. The van der Waals surface area contributed by atoms with Gasteiger partial charge in [0.1, 0.15) is 4.21 Å². The highest BCUT2D eigenvalue weighted by molar-refractivity contribution is 7.91. The maximum atomic E-state index is 12.4. The van der Waals surface area contributed by atoms with Crippen LogP contribution in [0.4, 0.5) is 0 Å². The number of amides is 1. The van der Waals surface area contributed by atoms with Gasteiger partial charge in [0.25, 0.3) is 10.0 Å². The predicted molar refractivity (Wildman–Crippen MR) is 87.6 cm³/mol. The summed E-state index contributed by atoms with van der Waals surface area (Å²) in [7, 11) is -1.50. The Hall–Kier alpha value is -0.960. The number of rotatable bonds is 8. The Balaban J connectivity index is 1.89. The average molecular weight is 345 g/mol. The van der Waals surface area contributed by atoms with Gasteiger partial charge in [0, 0.05) is 24.5 Å². The van der Waals surface area contributed by atoms with Crippen LogP contribution < -0.4 is 10.6 Å². The fourth-order valence-electron chi connectivity index (χ4n) is 2.36. The van der Waals surface area contributed by atoms with E-state index in [0.29, 0.717) is 23.8 Å². The van der Waals surface area contributed by atoms with Crippen molar-refractivity contribution in [2.75, 3.05) is 33.2 Å². The van der Waals surface area contributed by atoms with Gasteiger partial charge in [0.15, 0.2) is 0 Å². The van der Waals surface area contributed by atoms with Gasteiger partial charge in [-0.3, -0.25) is 4.79 Å². The summed E-state index contributed by atoms with van der Waals surface area (Å²) in [5.74, 6) is -0.0666. The van der Waals surface area contributed by atoms with Crippen LogP contribution in [-0.2, 0) is 21.2 Å². The fourth-order valence-corrected chi connectivity index (χ4v) is 5.39. The smallest absolute Gasteiger partial charge is 0.252 e. The monoisotopic (exact) mass is 345 g/mol. The molecule has 1 aliphatic rings. The highest BCUT2D eigenvalue weighted by atomic mass is 32.2. The van der Waals surface area contributed by atoms with E-state index < -0.39 is 10.0 Å². The minimum Gasteiger partial charge on any atom is -0.356 e. The molecule has 0 aliphatic carbocycles. The molecule has 0 unspecified atom stereocenters. The molecule has 124 valence electrons. The van der Waals surface area contributed by atoms with Crippen LogP contribution in [-0.4, -0.2) is 51.9 Å². The second-order valence-corrected chi connectivity index (χ2v) is 8.65. The van der Waals surface area contributed by atoms with Gasteiger partial charge in [-0.15, -0.1) is 11.3 Å². The number of carbonyl (C=O) groups excluding carboxylic acids is 1. The number of hydrogen-bond acceptors (Lipinski definition) is 5. The second-order valence-electron chi connectivity index (χ2n) is 5.32. The summed E-state index contributed by atoms with van der Waals surface area (Å²) in [6, 6.07) is 3.35. The predicted octanol–water partition coefficient (Wildman–Crippen LogP) is 0.801. The quantitative estimate of drug-likeness (QED) is 0.683. The van der Waals surface area contributed by atoms with E-state index in [1.807, 2.05) is 7.05 Å². The Labute approximate surface area is 135 Å². The van der Waals surface area contributed by atoms with Gasteiger partial charge in [0.2, 0.25) is 5.91 Å². The van der Waals surface area contributed by atoms with Crippen LogP contribution in [0.15, 0.2) is 16.3 Å². The number of hydrogen-bond donors (Lipinski definition) is 2. The zero-order chi connectivity index (χ0) is 16.0. The molecule has 0 atom stereocenters. The average Bonchev–Trinajstić information content (AvgIpc) is 3.15. The van der Waals surface area contributed by atoms with Crippen LogP contribution in [0.2, 0.25) is 0 Å². The summed E-state index contributed by atoms with van der Waals surface area (Å²) >= 11 is 1.20. The molecule has 0 aromatic carbocycles. The van der Waals surface area contributed by atoms with E-state index in [0.717, 1.165) is 30.7 Å². The van der Waals surface area contributed by atoms with Crippen molar-refractivity contribution in [1.82, 2.24) is 14.9 Å². The third-order valence-corrected chi connectivity index (χ3v) is 7.01. The number of nitrogens with zero attached hydrogens (tertiary/aromatic N) is 1. The fraction of sp³-hybridized carbons (Fsp3) is 0.643. The summed E-state index contributed by atoms with van der Waals surface area (Å²) in [5, 5.41) is 5.85. The van der Waals surface area contributed by atoms with Crippen LogP contribution in [0, 0.1) is 0 Å². The zero-order valence-electron chi connectivity index (χ0n) is 12.8. The van der Waals surface area contributed by atoms with E-state index >= 15 is 0 Å². The molecule has 2 rings (SSSR count). The van der Waals surface area contributed by atoms with Gasteiger partial charge >= 0.3 is 0 Å². The van der Waals surface area contributed by atoms with Gasteiger partial charge in [-0.2, -0.15) is 4.31 Å². The first kappa shape index (κ1) is 17.4. The molecule has 0 saturated carbocycles.